The Labute approximate surface area is 168 Å². The number of ether oxygens (including phenoxy) is 2. The highest BCUT2D eigenvalue weighted by atomic mass is 16.5. The Hall–Kier alpha value is -2.57. The first-order valence-electron chi connectivity index (χ1n) is 9.53. The van der Waals surface area contributed by atoms with Crippen LogP contribution in [0.4, 0.5) is 5.69 Å². The highest BCUT2D eigenvalue weighted by Gasteiger charge is 2.05. The zero-order valence-electron chi connectivity index (χ0n) is 17.4. The fourth-order valence-electron chi connectivity index (χ4n) is 2.78. The molecule has 2 aromatic carbocycles. The summed E-state index contributed by atoms with van der Waals surface area (Å²) in [6.45, 7) is 2.94. The van der Waals surface area contributed by atoms with Crippen LogP contribution in [0.15, 0.2) is 53.5 Å². The molecular weight excluding hydrogens is 352 g/mol. The van der Waals surface area contributed by atoms with E-state index in [4.69, 9.17) is 9.47 Å². The molecule has 0 atom stereocenters. The van der Waals surface area contributed by atoms with Crippen molar-refractivity contribution in [2.45, 2.75) is 19.5 Å². The molecule has 0 bridgehead atoms. The highest BCUT2D eigenvalue weighted by Crippen LogP contribution is 2.17. The summed E-state index contributed by atoms with van der Waals surface area (Å²) in [7, 11) is 7.62. The highest BCUT2D eigenvalue weighted by molar-refractivity contribution is 5.93. The second-order valence-corrected chi connectivity index (χ2v) is 6.78. The summed E-state index contributed by atoms with van der Waals surface area (Å²) in [5, 5.41) is 6.72. The van der Waals surface area contributed by atoms with Crippen LogP contribution in [-0.2, 0) is 17.8 Å². The normalized spacial score (nSPS) is 11.5. The van der Waals surface area contributed by atoms with Gasteiger partial charge >= 0.3 is 0 Å². The van der Waals surface area contributed by atoms with Crippen LogP contribution in [0.5, 0.6) is 5.75 Å². The quantitative estimate of drug-likeness (QED) is 0.374. The van der Waals surface area contributed by atoms with Gasteiger partial charge in [0.2, 0.25) is 0 Å². The van der Waals surface area contributed by atoms with E-state index in [2.05, 4.69) is 58.9 Å². The van der Waals surface area contributed by atoms with E-state index in [9.17, 15) is 0 Å². The van der Waals surface area contributed by atoms with E-state index in [1.54, 1.807) is 14.2 Å². The van der Waals surface area contributed by atoms with Gasteiger partial charge in [-0.25, -0.2) is 0 Å². The Balaban J connectivity index is 1.93. The Bertz CT molecular complexity index is 747. The van der Waals surface area contributed by atoms with Crippen molar-refractivity contribution < 1.29 is 9.47 Å². The van der Waals surface area contributed by atoms with Gasteiger partial charge in [-0.15, -0.1) is 0 Å². The maximum absolute atomic E-state index is 5.76. The van der Waals surface area contributed by atoms with Crippen LogP contribution in [0.2, 0.25) is 0 Å². The molecule has 0 aliphatic heterocycles. The number of guanidine groups is 1. The summed E-state index contributed by atoms with van der Waals surface area (Å²) >= 11 is 0. The average Bonchev–Trinajstić information content (AvgIpc) is 2.69. The Morgan fingerprint density at radius 1 is 1.04 bits per heavy atom. The zero-order chi connectivity index (χ0) is 20.2. The van der Waals surface area contributed by atoms with Gasteiger partial charge in [-0.1, -0.05) is 30.3 Å². The van der Waals surface area contributed by atoms with Crippen molar-refractivity contribution in [2.75, 3.05) is 46.8 Å². The summed E-state index contributed by atoms with van der Waals surface area (Å²) in [4.78, 5) is 6.50. The third-order valence-electron chi connectivity index (χ3n) is 4.13. The van der Waals surface area contributed by atoms with Gasteiger partial charge in [0.25, 0.3) is 0 Å². The Morgan fingerprint density at radius 2 is 1.82 bits per heavy atom. The summed E-state index contributed by atoms with van der Waals surface area (Å²) in [5.41, 5.74) is 3.50. The molecule has 0 aliphatic carbocycles. The first-order chi connectivity index (χ1) is 13.6. The largest absolute Gasteiger partial charge is 0.493 e. The lowest BCUT2D eigenvalue weighted by Gasteiger charge is -2.17. The number of benzene rings is 2. The smallest absolute Gasteiger partial charge is 0.195 e. The lowest BCUT2D eigenvalue weighted by molar-refractivity contribution is 0.172. The molecule has 0 aliphatic rings. The third kappa shape index (κ3) is 7.58. The maximum Gasteiger partial charge on any atom is 0.195 e. The van der Waals surface area contributed by atoms with Crippen molar-refractivity contribution in [3.8, 4) is 5.75 Å². The molecule has 0 unspecified atom stereocenters. The number of methoxy groups -OCH3 is 1. The van der Waals surface area contributed by atoms with Crippen molar-refractivity contribution in [1.82, 2.24) is 10.2 Å². The Kier molecular flexibility index (Phi) is 9.31. The van der Waals surface area contributed by atoms with E-state index in [0.717, 1.165) is 30.4 Å². The number of hydrogen-bond donors (Lipinski definition) is 2. The van der Waals surface area contributed by atoms with Gasteiger partial charge in [0.15, 0.2) is 5.96 Å². The minimum Gasteiger partial charge on any atom is -0.493 e. The van der Waals surface area contributed by atoms with Gasteiger partial charge in [-0.2, -0.15) is 0 Å². The van der Waals surface area contributed by atoms with Gasteiger partial charge in [-0.3, -0.25) is 4.99 Å². The number of nitrogens with zero attached hydrogens (tertiary/aromatic N) is 2. The van der Waals surface area contributed by atoms with Gasteiger partial charge < -0.3 is 25.0 Å². The summed E-state index contributed by atoms with van der Waals surface area (Å²) < 4.78 is 10.8. The average molecular weight is 385 g/mol. The van der Waals surface area contributed by atoms with E-state index in [1.165, 1.54) is 11.1 Å². The van der Waals surface area contributed by atoms with Gasteiger partial charge in [0.05, 0.1) is 6.61 Å². The lowest BCUT2D eigenvalue weighted by atomic mass is 10.1. The SMILES string of the molecule is CN=C(NCc1ccccc1CN(C)C)Nc1cccc(OCCCOC)c1. The summed E-state index contributed by atoms with van der Waals surface area (Å²) in [6.07, 6.45) is 0.865. The van der Waals surface area contributed by atoms with Gasteiger partial charge in [0.1, 0.15) is 5.75 Å². The molecule has 0 heterocycles. The van der Waals surface area contributed by atoms with E-state index in [1.807, 2.05) is 24.3 Å². The maximum atomic E-state index is 5.76. The van der Waals surface area contributed by atoms with Crippen molar-refractivity contribution in [1.29, 1.82) is 0 Å². The first kappa shape index (κ1) is 21.7. The lowest BCUT2D eigenvalue weighted by Crippen LogP contribution is -2.30. The van der Waals surface area contributed by atoms with Crippen LogP contribution in [0.3, 0.4) is 0 Å². The molecule has 28 heavy (non-hydrogen) atoms. The minimum atomic E-state index is 0.632. The predicted molar refractivity (Wildman–Crippen MR) is 116 cm³/mol. The monoisotopic (exact) mass is 384 g/mol. The Morgan fingerprint density at radius 3 is 2.54 bits per heavy atom. The fraction of sp³-hybridized carbons (Fsp3) is 0.409. The molecule has 0 saturated carbocycles. The van der Waals surface area contributed by atoms with Crippen LogP contribution in [-0.4, -0.2) is 52.3 Å². The van der Waals surface area contributed by atoms with Gasteiger partial charge in [0, 0.05) is 52.0 Å². The number of nitrogens with one attached hydrogen (secondary N) is 2. The minimum absolute atomic E-state index is 0.632. The molecule has 6 heteroatoms. The summed E-state index contributed by atoms with van der Waals surface area (Å²) in [5.74, 6) is 1.55. The summed E-state index contributed by atoms with van der Waals surface area (Å²) in [6, 6.07) is 16.3. The van der Waals surface area contributed by atoms with Crippen molar-refractivity contribution in [3.05, 3.63) is 59.7 Å². The number of hydrogen-bond acceptors (Lipinski definition) is 4. The van der Waals surface area contributed by atoms with Crippen LogP contribution in [0, 0.1) is 0 Å². The topological polar surface area (TPSA) is 58.1 Å². The molecule has 2 rings (SSSR count). The van der Waals surface area contributed by atoms with Crippen molar-refractivity contribution >= 4 is 11.6 Å². The first-order valence-corrected chi connectivity index (χ1v) is 9.53. The third-order valence-corrected chi connectivity index (χ3v) is 4.13. The predicted octanol–water partition coefficient (Wildman–Crippen LogP) is 3.35. The van der Waals surface area contributed by atoms with E-state index in [-0.39, 0.29) is 0 Å². The molecule has 0 fully saturated rings. The molecule has 0 saturated heterocycles. The molecule has 2 N–H and O–H groups in total. The molecule has 0 amide bonds. The van der Waals surface area contributed by atoms with Crippen LogP contribution < -0.4 is 15.4 Å². The van der Waals surface area contributed by atoms with Crippen molar-refractivity contribution in [3.63, 3.8) is 0 Å². The molecule has 0 aromatic heterocycles. The number of rotatable bonds is 10. The second kappa shape index (κ2) is 12.0. The van der Waals surface area contributed by atoms with Crippen molar-refractivity contribution in [2.24, 2.45) is 4.99 Å². The molecular formula is C22H32N4O2. The molecule has 152 valence electrons. The fourth-order valence-corrected chi connectivity index (χ4v) is 2.78. The number of aliphatic imine (C=N–C) groups is 1. The standard InChI is InChI=1S/C22H32N4O2/c1-23-22(24-16-18-9-5-6-10-19(18)17-26(2)3)25-20-11-7-12-21(15-20)28-14-8-13-27-4/h5-7,9-12,15H,8,13-14,16-17H2,1-4H3,(H2,23,24,25). The van der Waals surface area contributed by atoms with Crippen LogP contribution in [0.25, 0.3) is 0 Å². The number of anilines is 1. The van der Waals surface area contributed by atoms with E-state index < -0.39 is 0 Å². The van der Waals surface area contributed by atoms with E-state index in [0.29, 0.717) is 19.8 Å². The zero-order valence-corrected chi connectivity index (χ0v) is 17.4. The second-order valence-electron chi connectivity index (χ2n) is 6.78. The van der Waals surface area contributed by atoms with Crippen LogP contribution in [0.1, 0.15) is 17.5 Å². The molecule has 0 spiro atoms. The van der Waals surface area contributed by atoms with E-state index >= 15 is 0 Å². The van der Waals surface area contributed by atoms with Crippen LogP contribution >= 0.6 is 0 Å². The molecule has 2 aromatic rings. The molecule has 6 nitrogen and oxygen atoms in total. The molecule has 0 radical (unpaired) electrons. The van der Waals surface area contributed by atoms with Gasteiger partial charge in [-0.05, 0) is 37.4 Å².